The van der Waals surface area contributed by atoms with Gasteiger partial charge >= 0.3 is 0 Å². The monoisotopic (exact) mass is 310 g/mol. The highest BCUT2D eigenvalue weighted by Crippen LogP contribution is 2.21. The number of amides is 1. The summed E-state index contributed by atoms with van der Waals surface area (Å²) in [6.07, 6.45) is 2.06. The van der Waals surface area contributed by atoms with Crippen molar-refractivity contribution in [2.45, 2.75) is 52.6 Å². The zero-order chi connectivity index (χ0) is 15.8. The van der Waals surface area contributed by atoms with Crippen molar-refractivity contribution < 1.29 is 4.79 Å². The number of rotatable bonds is 8. The number of halogens is 1. The Balaban J connectivity index is 2.78. The van der Waals surface area contributed by atoms with Gasteiger partial charge in [-0.3, -0.25) is 10.1 Å². The third kappa shape index (κ3) is 5.33. The van der Waals surface area contributed by atoms with Gasteiger partial charge in [0.25, 0.3) is 0 Å². The Labute approximate surface area is 133 Å². The van der Waals surface area contributed by atoms with E-state index in [0.29, 0.717) is 0 Å². The van der Waals surface area contributed by atoms with Crippen LogP contribution >= 0.6 is 11.6 Å². The van der Waals surface area contributed by atoms with Gasteiger partial charge in [-0.15, -0.1) is 0 Å². The summed E-state index contributed by atoms with van der Waals surface area (Å²) in [5, 5.41) is 4.21. The minimum Gasteiger partial charge on any atom is -0.342 e. The molecule has 0 aliphatic heterocycles. The van der Waals surface area contributed by atoms with Gasteiger partial charge in [0.05, 0.1) is 6.04 Å². The molecule has 1 N–H and O–H groups in total. The lowest BCUT2D eigenvalue weighted by Gasteiger charge is -2.27. The van der Waals surface area contributed by atoms with Gasteiger partial charge < -0.3 is 4.90 Å². The van der Waals surface area contributed by atoms with E-state index in [0.717, 1.165) is 31.0 Å². The maximum Gasteiger partial charge on any atom is 0.239 e. The van der Waals surface area contributed by atoms with Crippen molar-refractivity contribution in [3.63, 3.8) is 0 Å². The second-order valence-corrected chi connectivity index (χ2v) is 5.73. The molecule has 118 valence electrons. The summed E-state index contributed by atoms with van der Waals surface area (Å²) in [4.78, 5) is 14.2. The largest absolute Gasteiger partial charge is 0.342 e. The Morgan fingerprint density at radius 1 is 1.19 bits per heavy atom. The number of hydrogen-bond acceptors (Lipinski definition) is 2. The van der Waals surface area contributed by atoms with Gasteiger partial charge in [0, 0.05) is 24.2 Å². The Morgan fingerprint density at radius 2 is 1.76 bits per heavy atom. The number of nitrogens with zero attached hydrogens (tertiary/aromatic N) is 1. The van der Waals surface area contributed by atoms with Gasteiger partial charge in [-0.1, -0.05) is 37.1 Å². The molecule has 1 rings (SSSR count). The second-order valence-electron chi connectivity index (χ2n) is 5.29. The number of likely N-dealkylation sites (N-methyl/N-ethyl adjacent to an activating group) is 1. The lowest BCUT2D eigenvalue weighted by atomic mass is 10.0. The first-order chi connectivity index (χ1) is 10.0. The molecule has 0 saturated carbocycles. The third-order valence-electron chi connectivity index (χ3n) is 3.75. The van der Waals surface area contributed by atoms with Crippen LogP contribution < -0.4 is 5.32 Å². The Morgan fingerprint density at radius 3 is 2.24 bits per heavy atom. The molecular formula is C17H27ClN2O. The molecule has 1 aromatic rings. The van der Waals surface area contributed by atoms with Crippen LogP contribution in [0.4, 0.5) is 0 Å². The van der Waals surface area contributed by atoms with Crippen LogP contribution in [0, 0.1) is 0 Å². The highest BCUT2D eigenvalue weighted by Gasteiger charge is 2.21. The standard InChI is InChI=1S/C17H27ClN2O/c1-5-8-16(14-9-11-15(18)12-10-14)19-13(4)17(21)20(6-2)7-3/h9-13,16,19H,5-8H2,1-4H3. The van der Waals surface area contributed by atoms with E-state index >= 15 is 0 Å². The maximum atomic E-state index is 12.4. The maximum absolute atomic E-state index is 12.4. The van der Waals surface area contributed by atoms with E-state index in [1.54, 1.807) is 0 Å². The normalized spacial score (nSPS) is 13.8. The van der Waals surface area contributed by atoms with Crippen LogP contribution in [-0.2, 0) is 4.79 Å². The number of nitrogens with one attached hydrogen (secondary N) is 1. The fourth-order valence-electron chi connectivity index (χ4n) is 2.51. The van der Waals surface area contributed by atoms with Crippen LogP contribution in [0.1, 0.15) is 52.1 Å². The number of carbonyl (C=O) groups excluding carboxylic acids is 1. The van der Waals surface area contributed by atoms with Crippen LogP contribution in [0.5, 0.6) is 0 Å². The van der Waals surface area contributed by atoms with Gasteiger partial charge in [-0.25, -0.2) is 0 Å². The molecule has 1 amide bonds. The predicted molar refractivity (Wildman–Crippen MR) is 89.6 cm³/mol. The molecule has 3 nitrogen and oxygen atoms in total. The average molecular weight is 311 g/mol. The van der Waals surface area contributed by atoms with Gasteiger partial charge in [0.1, 0.15) is 0 Å². The molecule has 0 aliphatic rings. The summed E-state index contributed by atoms with van der Waals surface area (Å²) in [5.41, 5.74) is 1.18. The third-order valence-corrected chi connectivity index (χ3v) is 4.00. The molecule has 0 aliphatic carbocycles. The van der Waals surface area contributed by atoms with Crippen molar-refractivity contribution in [1.29, 1.82) is 0 Å². The van der Waals surface area contributed by atoms with E-state index in [9.17, 15) is 4.79 Å². The smallest absolute Gasteiger partial charge is 0.239 e. The fourth-order valence-corrected chi connectivity index (χ4v) is 2.64. The highest BCUT2D eigenvalue weighted by molar-refractivity contribution is 6.30. The summed E-state index contributed by atoms with van der Waals surface area (Å²) >= 11 is 5.95. The quantitative estimate of drug-likeness (QED) is 0.786. The first-order valence-corrected chi connectivity index (χ1v) is 8.21. The van der Waals surface area contributed by atoms with E-state index in [4.69, 9.17) is 11.6 Å². The van der Waals surface area contributed by atoms with Crippen LogP contribution in [0.25, 0.3) is 0 Å². The molecule has 2 unspecified atom stereocenters. The summed E-state index contributed by atoms with van der Waals surface area (Å²) < 4.78 is 0. The highest BCUT2D eigenvalue weighted by atomic mass is 35.5. The average Bonchev–Trinajstić information content (AvgIpc) is 2.48. The SMILES string of the molecule is CCCC(NC(C)C(=O)N(CC)CC)c1ccc(Cl)cc1. The molecule has 0 radical (unpaired) electrons. The molecule has 4 heteroatoms. The molecule has 0 fully saturated rings. The first kappa shape index (κ1) is 18.0. The number of benzene rings is 1. The van der Waals surface area contributed by atoms with Gasteiger partial charge in [0.2, 0.25) is 5.91 Å². The van der Waals surface area contributed by atoms with E-state index in [1.165, 1.54) is 5.56 Å². The Bertz CT molecular complexity index is 429. The van der Waals surface area contributed by atoms with Crippen molar-refractivity contribution in [2.24, 2.45) is 0 Å². The zero-order valence-corrected chi connectivity index (χ0v) is 14.3. The van der Waals surface area contributed by atoms with E-state index in [1.807, 2.05) is 49.9 Å². The van der Waals surface area contributed by atoms with E-state index in [2.05, 4.69) is 12.2 Å². The summed E-state index contributed by atoms with van der Waals surface area (Å²) in [6.45, 7) is 9.62. The van der Waals surface area contributed by atoms with E-state index in [-0.39, 0.29) is 18.0 Å². The Hall–Kier alpha value is -1.06. The number of hydrogen-bond donors (Lipinski definition) is 1. The molecular weight excluding hydrogens is 284 g/mol. The number of carbonyl (C=O) groups is 1. The van der Waals surface area contributed by atoms with Crippen LogP contribution in [0.15, 0.2) is 24.3 Å². The second kappa shape index (κ2) is 9.06. The van der Waals surface area contributed by atoms with Crippen molar-refractivity contribution >= 4 is 17.5 Å². The molecule has 0 spiro atoms. The minimum atomic E-state index is -0.183. The van der Waals surface area contributed by atoms with Gasteiger partial charge in [-0.2, -0.15) is 0 Å². The van der Waals surface area contributed by atoms with Crippen molar-refractivity contribution in [2.75, 3.05) is 13.1 Å². The van der Waals surface area contributed by atoms with E-state index < -0.39 is 0 Å². The van der Waals surface area contributed by atoms with Crippen molar-refractivity contribution in [1.82, 2.24) is 10.2 Å². The van der Waals surface area contributed by atoms with Crippen LogP contribution in [0.2, 0.25) is 5.02 Å². The molecule has 2 atom stereocenters. The summed E-state index contributed by atoms with van der Waals surface area (Å²) in [6, 6.07) is 7.86. The molecule has 1 aromatic carbocycles. The molecule has 0 saturated heterocycles. The lowest BCUT2D eigenvalue weighted by molar-refractivity contribution is -0.132. The summed E-state index contributed by atoms with van der Waals surface area (Å²) in [5.74, 6) is 0.162. The summed E-state index contributed by atoms with van der Waals surface area (Å²) in [7, 11) is 0. The van der Waals surface area contributed by atoms with Crippen molar-refractivity contribution in [3.05, 3.63) is 34.9 Å². The van der Waals surface area contributed by atoms with Gasteiger partial charge in [0.15, 0.2) is 0 Å². The fraction of sp³-hybridized carbons (Fsp3) is 0.588. The van der Waals surface area contributed by atoms with Crippen molar-refractivity contribution in [3.8, 4) is 0 Å². The molecule has 21 heavy (non-hydrogen) atoms. The molecule has 0 bridgehead atoms. The molecule has 0 heterocycles. The van der Waals surface area contributed by atoms with Crippen LogP contribution in [-0.4, -0.2) is 29.9 Å². The van der Waals surface area contributed by atoms with Crippen LogP contribution in [0.3, 0.4) is 0 Å². The molecule has 0 aromatic heterocycles. The first-order valence-electron chi connectivity index (χ1n) is 7.83. The zero-order valence-electron chi connectivity index (χ0n) is 13.5. The Kier molecular flexibility index (Phi) is 7.76. The van der Waals surface area contributed by atoms with Gasteiger partial charge in [-0.05, 0) is 44.9 Å². The predicted octanol–water partition coefficient (Wildman–Crippen LogP) is 4.03. The minimum absolute atomic E-state index is 0.162. The topological polar surface area (TPSA) is 32.3 Å². The lowest BCUT2D eigenvalue weighted by Crippen LogP contribution is -2.45.